The number of rotatable bonds is 9. The maximum Gasteiger partial charge on any atom is 0.406 e. The molecule has 0 bridgehead atoms. The molecule has 3 aromatic rings. The third-order valence-corrected chi connectivity index (χ3v) is 8.44. The van der Waals surface area contributed by atoms with Gasteiger partial charge in [0, 0.05) is 35.5 Å². The summed E-state index contributed by atoms with van der Waals surface area (Å²) in [5.41, 5.74) is 2.09. The Kier molecular flexibility index (Phi) is 9.44. The Morgan fingerprint density at radius 3 is 2.44 bits per heavy atom. The van der Waals surface area contributed by atoms with Crippen molar-refractivity contribution < 1.29 is 26.3 Å². The molecule has 0 aliphatic heterocycles. The summed E-state index contributed by atoms with van der Waals surface area (Å²) < 4.78 is 71.4. The van der Waals surface area contributed by atoms with E-state index >= 15 is 0 Å². The first-order valence-corrected chi connectivity index (χ1v) is 15.6. The first-order valence-electron chi connectivity index (χ1n) is 13.7. The van der Waals surface area contributed by atoms with Gasteiger partial charge in [-0.2, -0.15) is 13.2 Å². The van der Waals surface area contributed by atoms with Gasteiger partial charge in [-0.05, 0) is 83.0 Å². The zero-order chi connectivity index (χ0) is 29.8. The zero-order valence-corrected chi connectivity index (χ0v) is 24.6. The standard InChI is InChI=1S/C30H37F3N4O3S/c1-5-40-29-19-24(41(4,38)39)15-16-27(29)34-17-7-8-23-18-25-26(35-21-11-13-22(14-12-21)36(2)3)9-6-10-28(25)37(23)20-30(31,32)33/h6,9-10,15-16,18-19,21-22,34-35H,5,11-14,17,20H2,1-4H3/t21-,22+. The lowest BCUT2D eigenvalue weighted by molar-refractivity contribution is -0.140. The second kappa shape index (κ2) is 12.7. The third-order valence-electron chi connectivity index (χ3n) is 7.33. The summed E-state index contributed by atoms with van der Waals surface area (Å²) in [7, 11) is 0.770. The topological polar surface area (TPSA) is 75.6 Å². The number of halogens is 3. The molecule has 1 saturated carbocycles. The molecular formula is C30H37F3N4O3S. The minimum Gasteiger partial charge on any atom is -0.492 e. The molecule has 0 spiro atoms. The lowest BCUT2D eigenvalue weighted by Gasteiger charge is -2.33. The van der Waals surface area contributed by atoms with Crippen molar-refractivity contribution in [3.8, 4) is 17.6 Å². The van der Waals surface area contributed by atoms with E-state index in [0.29, 0.717) is 35.0 Å². The highest BCUT2D eigenvalue weighted by Gasteiger charge is 2.30. The fourth-order valence-corrected chi connectivity index (χ4v) is 5.88. The monoisotopic (exact) mass is 590 g/mol. The normalized spacial score (nSPS) is 17.8. The fourth-order valence-electron chi connectivity index (χ4n) is 5.25. The van der Waals surface area contributed by atoms with E-state index in [4.69, 9.17) is 4.74 Å². The second-order valence-corrected chi connectivity index (χ2v) is 12.6. The lowest BCUT2D eigenvalue weighted by atomic mass is 9.90. The zero-order valence-electron chi connectivity index (χ0n) is 23.8. The van der Waals surface area contributed by atoms with Crippen molar-refractivity contribution in [3.63, 3.8) is 0 Å². The summed E-state index contributed by atoms with van der Waals surface area (Å²) in [4.78, 5) is 2.38. The summed E-state index contributed by atoms with van der Waals surface area (Å²) in [6, 6.07) is 12.4. The van der Waals surface area contributed by atoms with E-state index in [2.05, 4.69) is 41.5 Å². The molecule has 0 saturated heterocycles. The van der Waals surface area contributed by atoms with E-state index in [1.54, 1.807) is 31.2 Å². The predicted molar refractivity (Wildman–Crippen MR) is 157 cm³/mol. The number of benzene rings is 2. The maximum atomic E-state index is 13.6. The van der Waals surface area contributed by atoms with Crippen LogP contribution in [0, 0.1) is 11.8 Å². The van der Waals surface area contributed by atoms with Crippen molar-refractivity contribution in [2.24, 2.45) is 0 Å². The minimum atomic E-state index is -4.41. The molecule has 4 rings (SSSR count). The fraction of sp³-hybridized carbons (Fsp3) is 0.467. The molecule has 0 unspecified atom stereocenters. The van der Waals surface area contributed by atoms with Crippen LogP contribution in [0.15, 0.2) is 47.4 Å². The van der Waals surface area contributed by atoms with Crippen LogP contribution < -0.4 is 15.4 Å². The second-order valence-electron chi connectivity index (χ2n) is 10.6. The highest BCUT2D eigenvalue weighted by molar-refractivity contribution is 7.90. The largest absolute Gasteiger partial charge is 0.492 e. The highest BCUT2D eigenvalue weighted by Crippen LogP contribution is 2.33. The Balaban J connectivity index is 1.57. The number of sulfone groups is 1. The smallest absolute Gasteiger partial charge is 0.406 e. The van der Waals surface area contributed by atoms with Gasteiger partial charge in [0.25, 0.3) is 0 Å². The van der Waals surface area contributed by atoms with E-state index in [9.17, 15) is 21.6 Å². The van der Waals surface area contributed by atoms with Crippen molar-refractivity contribution >= 4 is 32.1 Å². The molecule has 0 atom stereocenters. The molecule has 1 fully saturated rings. The van der Waals surface area contributed by atoms with E-state index in [1.807, 2.05) is 6.07 Å². The minimum absolute atomic E-state index is 0.117. The summed E-state index contributed by atoms with van der Waals surface area (Å²) in [5, 5.41) is 7.37. The Morgan fingerprint density at radius 2 is 1.80 bits per heavy atom. The molecule has 41 heavy (non-hydrogen) atoms. The van der Waals surface area contributed by atoms with Gasteiger partial charge in [0.2, 0.25) is 0 Å². The quantitative estimate of drug-likeness (QED) is 0.309. The van der Waals surface area contributed by atoms with Crippen LogP contribution in [-0.4, -0.2) is 69.6 Å². The third kappa shape index (κ3) is 7.89. The average molecular weight is 591 g/mol. The van der Waals surface area contributed by atoms with Gasteiger partial charge in [0.15, 0.2) is 9.84 Å². The van der Waals surface area contributed by atoms with E-state index in [0.717, 1.165) is 37.6 Å². The van der Waals surface area contributed by atoms with Gasteiger partial charge in [-0.15, -0.1) is 0 Å². The number of hydrogen-bond acceptors (Lipinski definition) is 6. The van der Waals surface area contributed by atoms with E-state index < -0.39 is 22.6 Å². The van der Waals surface area contributed by atoms with Crippen molar-refractivity contribution in [3.05, 3.63) is 48.2 Å². The molecule has 1 aliphatic rings. The molecule has 1 aliphatic carbocycles. The number of ether oxygens (including phenoxy) is 1. The average Bonchev–Trinajstić information content (AvgIpc) is 3.24. The number of aromatic nitrogens is 1. The Labute approximate surface area is 240 Å². The van der Waals surface area contributed by atoms with Gasteiger partial charge < -0.3 is 24.8 Å². The number of anilines is 2. The molecule has 1 heterocycles. The van der Waals surface area contributed by atoms with Crippen molar-refractivity contribution in [2.45, 2.75) is 62.3 Å². The van der Waals surface area contributed by atoms with Crippen molar-refractivity contribution in [1.82, 2.24) is 9.47 Å². The van der Waals surface area contributed by atoms with Crippen LogP contribution in [0.5, 0.6) is 5.75 Å². The number of nitrogens with one attached hydrogen (secondary N) is 2. The molecule has 2 N–H and O–H groups in total. The summed E-state index contributed by atoms with van der Waals surface area (Å²) in [6.07, 6.45) is 0.837. The molecule has 222 valence electrons. The van der Waals surface area contributed by atoms with Gasteiger partial charge >= 0.3 is 6.18 Å². The van der Waals surface area contributed by atoms with Crippen LogP contribution in [0.2, 0.25) is 0 Å². The predicted octanol–water partition coefficient (Wildman–Crippen LogP) is 5.75. The first-order chi connectivity index (χ1) is 19.4. The number of nitrogens with zero attached hydrogens (tertiary/aromatic N) is 2. The number of hydrogen-bond donors (Lipinski definition) is 2. The summed E-state index contributed by atoms with van der Waals surface area (Å²) in [6.45, 7) is 1.09. The number of fused-ring (bicyclic) bond motifs is 1. The maximum absolute atomic E-state index is 13.6. The molecule has 11 heteroatoms. The molecule has 0 radical (unpaired) electrons. The van der Waals surface area contributed by atoms with Crippen LogP contribution in [-0.2, 0) is 16.4 Å². The van der Waals surface area contributed by atoms with Gasteiger partial charge in [0.1, 0.15) is 12.3 Å². The van der Waals surface area contributed by atoms with Gasteiger partial charge in [-0.25, -0.2) is 8.42 Å². The van der Waals surface area contributed by atoms with E-state index in [1.165, 1.54) is 16.7 Å². The highest BCUT2D eigenvalue weighted by atomic mass is 32.2. The number of alkyl halides is 3. The van der Waals surface area contributed by atoms with Crippen LogP contribution in [0.25, 0.3) is 10.9 Å². The molecule has 7 nitrogen and oxygen atoms in total. The lowest BCUT2D eigenvalue weighted by Crippen LogP contribution is -2.36. The van der Waals surface area contributed by atoms with Crippen LogP contribution >= 0.6 is 0 Å². The van der Waals surface area contributed by atoms with E-state index in [-0.39, 0.29) is 23.2 Å². The van der Waals surface area contributed by atoms with Gasteiger partial charge in [0.05, 0.1) is 34.9 Å². The Morgan fingerprint density at radius 1 is 1.07 bits per heavy atom. The molecular weight excluding hydrogens is 553 g/mol. The van der Waals surface area contributed by atoms with Crippen molar-refractivity contribution in [2.75, 3.05) is 44.1 Å². The Hall–Kier alpha value is -3.36. The summed E-state index contributed by atoms with van der Waals surface area (Å²) in [5.74, 6) is 6.19. The van der Waals surface area contributed by atoms with Crippen LogP contribution in [0.4, 0.5) is 24.5 Å². The van der Waals surface area contributed by atoms with Crippen LogP contribution in [0.1, 0.15) is 38.3 Å². The molecule has 2 aromatic carbocycles. The molecule has 0 amide bonds. The molecule has 1 aromatic heterocycles. The summed E-state index contributed by atoms with van der Waals surface area (Å²) >= 11 is 0. The first kappa shape index (κ1) is 30.6. The SMILES string of the molecule is CCOc1cc(S(C)(=O)=O)ccc1NCC#Cc1cc2c(N[C@H]3CC[C@@H](N(C)C)CC3)cccc2n1CC(F)(F)F. The van der Waals surface area contributed by atoms with Crippen molar-refractivity contribution in [1.29, 1.82) is 0 Å². The van der Waals surface area contributed by atoms with Gasteiger partial charge in [-0.1, -0.05) is 12.0 Å². The van der Waals surface area contributed by atoms with Gasteiger partial charge in [-0.3, -0.25) is 0 Å². The Bertz CT molecular complexity index is 1530. The van der Waals surface area contributed by atoms with Crippen LogP contribution in [0.3, 0.4) is 0 Å².